The van der Waals surface area contributed by atoms with Crippen molar-refractivity contribution in [1.82, 2.24) is 0 Å². The molecule has 0 aliphatic carbocycles. The fraction of sp³-hybridized carbons (Fsp3) is 0.636. The lowest BCUT2D eigenvalue weighted by molar-refractivity contribution is -0.148. The molecule has 17 heavy (non-hydrogen) atoms. The van der Waals surface area contributed by atoms with E-state index in [2.05, 4.69) is 6.58 Å². The zero-order valence-corrected chi connectivity index (χ0v) is 10.0. The lowest BCUT2D eigenvalue weighted by Crippen LogP contribution is -2.23. The fourth-order valence-electron chi connectivity index (χ4n) is 0.863. The summed E-state index contributed by atoms with van der Waals surface area (Å²) >= 11 is 0. The number of ether oxygens (including phenoxy) is 2. The van der Waals surface area contributed by atoms with Crippen molar-refractivity contribution >= 4 is 11.9 Å². The second-order valence-corrected chi connectivity index (χ2v) is 3.76. The molecule has 0 saturated carbocycles. The van der Waals surface area contributed by atoms with Gasteiger partial charge in [-0.15, -0.1) is 0 Å². The van der Waals surface area contributed by atoms with Gasteiger partial charge in [-0.25, -0.2) is 4.79 Å². The molecule has 0 aliphatic heterocycles. The molecule has 0 aromatic carbocycles. The van der Waals surface area contributed by atoms with Gasteiger partial charge in [0.15, 0.2) is 0 Å². The molecule has 2 unspecified atom stereocenters. The van der Waals surface area contributed by atoms with E-state index >= 15 is 0 Å². The topological polar surface area (TPSA) is 93.1 Å². The maximum atomic E-state index is 11.1. The number of carbonyl (C=O) groups is 2. The first kappa shape index (κ1) is 15.6. The minimum absolute atomic E-state index is 0.0124. The molecule has 2 atom stereocenters. The van der Waals surface area contributed by atoms with Crippen molar-refractivity contribution in [2.24, 2.45) is 0 Å². The van der Waals surface area contributed by atoms with E-state index in [0.717, 1.165) is 0 Å². The smallest absolute Gasteiger partial charge is 0.331 e. The lowest BCUT2D eigenvalue weighted by atomic mass is 10.2. The summed E-state index contributed by atoms with van der Waals surface area (Å²) in [7, 11) is 0. The predicted octanol–water partition coefficient (Wildman–Crippen LogP) is 0.346. The Labute approximate surface area is 99.8 Å². The second-order valence-electron chi connectivity index (χ2n) is 3.76. The molecule has 2 N–H and O–H groups in total. The number of esters is 1. The molecule has 0 bridgehead atoms. The summed E-state index contributed by atoms with van der Waals surface area (Å²) in [6.45, 7) is 6.64. The van der Waals surface area contributed by atoms with Crippen LogP contribution in [0.15, 0.2) is 12.2 Å². The Morgan fingerprint density at radius 2 is 1.88 bits per heavy atom. The van der Waals surface area contributed by atoms with Crippen LogP contribution in [0.3, 0.4) is 0 Å². The maximum Gasteiger partial charge on any atom is 0.331 e. The Kier molecular flexibility index (Phi) is 7.16. The molecule has 6 nitrogen and oxygen atoms in total. The van der Waals surface area contributed by atoms with E-state index in [4.69, 9.17) is 19.7 Å². The standard InChI is InChI=1S/C11H18O6/c1-7(11(14)15)4-10(13)17-6-9(3)16-5-8(2)12/h8-9,12H,1,4-6H2,2-3H3,(H,14,15). The van der Waals surface area contributed by atoms with E-state index in [1.165, 1.54) is 0 Å². The number of carboxylic acids is 1. The van der Waals surface area contributed by atoms with Crippen LogP contribution in [0.25, 0.3) is 0 Å². The molecule has 0 spiro atoms. The monoisotopic (exact) mass is 246 g/mol. The first-order chi connectivity index (χ1) is 7.82. The summed E-state index contributed by atoms with van der Waals surface area (Å²) in [5.41, 5.74) is -0.215. The molecule has 0 saturated heterocycles. The van der Waals surface area contributed by atoms with Gasteiger partial charge in [-0.2, -0.15) is 0 Å². The van der Waals surface area contributed by atoms with E-state index in [-0.39, 0.29) is 31.3 Å². The first-order valence-corrected chi connectivity index (χ1v) is 5.19. The highest BCUT2D eigenvalue weighted by Crippen LogP contribution is 2.02. The van der Waals surface area contributed by atoms with Crippen molar-refractivity contribution < 1.29 is 29.3 Å². The molecule has 0 aliphatic rings. The maximum absolute atomic E-state index is 11.1. The third-order valence-electron chi connectivity index (χ3n) is 1.76. The van der Waals surface area contributed by atoms with E-state index in [9.17, 15) is 9.59 Å². The molecule has 6 heteroatoms. The van der Waals surface area contributed by atoms with E-state index in [0.29, 0.717) is 0 Å². The Bertz CT molecular complexity index is 284. The second kappa shape index (κ2) is 7.81. The van der Waals surface area contributed by atoms with Crippen LogP contribution in [-0.4, -0.2) is 47.6 Å². The molecule has 98 valence electrons. The normalized spacial score (nSPS) is 13.8. The van der Waals surface area contributed by atoms with Crippen LogP contribution in [0.1, 0.15) is 20.3 Å². The average Bonchev–Trinajstić information content (AvgIpc) is 2.23. The van der Waals surface area contributed by atoms with Gasteiger partial charge in [0.25, 0.3) is 0 Å². The van der Waals surface area contributed by atoms with Gasteiger partial charge in [0.1, 0.15) is 6.61 Å². The Morgan fingerprint density at radius 3 is 2.35 bits per heavy atom. The Balaban J connectivity index is 3.76. The SMILES string of the molecule is C=C(CC(=O)OCC(C)OCC(C)O)C(=O)O. The number of aliphatic hydroxyl groups excluding tert-OH is 1. The van der Waals surface area contributed by atoms with Gasteiger partial charge in [0, 0.05) is 5.57 Å². The van der Waals surface area contributed by atoms with Crippen LogP contribution in [0.4, 0.5) is 0 Å². The van der Waals surface area contributed by atoms with E-state index in [1.807, 2.05) is 0 Å². The number of aliphatic hydroxyl groups is 1. The number of hydrogen-bond donors (Lipinski definition) is 2. The van der Waals surface area contributed by atoms with Gasteiger partial charge in [-0.05, 0) is 13.8 Å². The summed E-state index contributed by atoms with van der Waals surface area (Å²) in [6.07, 6.45) is -1.29. The zero-order chi connectivity index (χ0) is 13.4. The van der Waals surface area contributed by atoms with Crippen molar-refractivity contribution in [3.63, 3.8) is 0 Å². The molecule has 0 aromatic rings. The Morgan fingerprint density at radius 1 is 1.29 bits per heavy atom. The quantitative estimate of drug-likeness (QED) is 0.474. The van der Waals surface area contributed by atoms with Gasteiger partial charge in [0.2, 0.25) is 0 Å². The van der Waals surface area contributed by atoms with Crippen molar-refractivity contribution in [2.75, 3.05) is 13.2 Å². The minimum Gasteiger partial charge on any atom is -0.478 e. The third-order valence-corrected chi connectivity index (χ3v) is 1.76. The highest BCUT2D eigenvalue weighted by atomic mass is 16.6. The summed E-state index contributed by atoms with van der Waals surface area (Å²) < 4.78 is 9.93. The van der Waals surface area contributed by atoms with Crippen molar-refractivity contribution in [2.45, 2.75) is 32.5 Å². The van der Waals surface area contributed by atoms with Gasteiger partial charge in [-0.3, -0.25) is 4.79 Å². The number of carboxylic acid groups (broad SMARTS) is 1. The minimum atomic E-state index is -1.22. The van der Waals surface area contributed by atoms with Gasteiger partial charge in [-0.1, -0.05) is 6.58 Å². The zero-order valence-electron chi connectivity index (χ0n) is 10.0. The highest BCUT2D eigenvalue weighted by molar-refractivity contribution is 5.91. The Hall–Kier alpha value is -1.40. The van der Waals surface area contributed by atoms with Crippen LogP contribution in [-0.2, 0) is 19.1 Å². The van der Waals surface area contributed by atoms with E-state index < -0.39 is 18.0 Å². The molecule has 0 heterocycles. The first-order valence-electron chi connectivity index (χ1n) is 5.19. The number of hydrogen-bond acceptors (Lipinski definition) is 5. The molecule has 0 amide bonds. The highest BCUT2D eigenvalue weighted by Gasteiger charge is 2.13. The molecular weight excluding hydrogens is 228 g/mol. The average molecular weight is 246 g/mol. The van der Waals surface area contributed by atoms with Crippen LogP contribution in [0.2, 0.25) is 0 Å². The predicted molar refractivity (Wildman–Crippen MR) is 59.4 cm³/mol. The van der Waals surface area contributed by atoms with Crippen LogP contribution in [0.5, 0.6) is 0 Å². The third kappa shape index (κ3) is 8.41. The summed E-state index contributed by atoms with van der Waals surface area (Å²) in [4.78, 5) is 21.5. The van der Waals surface area contributed by atoms with Crippen LogP contribution >= 0.6 is 0 Å². The molecule has 0 radical (unpaired) electrons. The molecular formula is C11H18O6. The summed E-state index contributed by atoms with van der Waals surface area (Å²) in [5.74, 6) is -1.88. The summed E-state index contributed by atoms with van der Waals surface area (Å²) in [6, 6.07) is 0. The lowest BCUT2D eigenvalue weighted by Gasteiger charge is -2.14. The number of aliphatic carboxylic acids is 1. The van der Waals surface area contributed by atoms with Gasteiger partial charge < -0.3 is 19.7 Å². The number of rotatable bonds is 8. The van der Waals surface area contributed by atoms with Gasteiger partial charge >= 0.3 is 11.9 Å². The van der Waals surface area contributed by atoms with Crippen molar-refractivity contribution in [3.8, 4) is 0 Å². The molecule has 0 rings (SSSR count). The summed E-state index contributed by atoms with van der Waals surface area (Å²) in [5, 5.41) is 17.4. The van der Waals surface area contributed by atoms with Crippen LogP contribution < -0.4 is 0 Å². The molecule has 0 aromatic heterocycles. The van der Waals surface area contributed by atoms with Gasteiger partial charge in [0.05, 0.1) is 25.2 Å². The van der Waals surface area contributed by atoms with Crippen LogP contribution in [0, 0.1) is 0 Å². The molecule has 0 fully saturated rings. The largest absolute Gasteiger partial charge is 0.478 e. The van der Waals surface area contributed by atoms with Crippen molar-refractivity contribution in [3.05, 3.63) is 12.2 Å². The number of carbonyl (C=O) groups excluding carboxylic acids is 1. The van der Waals surface area contributed by atoms with E-state index in [1.54, 1.807) is 13.8 Å². The van der Waals surface area contributed by atoms with Crippen molar-refractivity contribution in [1.29, 1.82) is 0 Å². The fourth-order valence-corrected chi connectivity index (χ4v) is 0.863.